The number of rotatable bonds is 2. The lowest BCUT2D eigenvalue weighted by atomic mass is 9.96. The Kier molecular flexibility index (Phi) is 2.44. The monoisotopic (exact) mass is 173 g/mol. The quantitative estimate of drug-likeness (QED) is 0.628. The van der Waals surface area contributed by atoms with Gasteiger partial charge >= 0.3 is 0 Å². The largest absolute Gasteiger partial charge is 0.294 e. The molecule has 2 rings (SSSR count). The van der Waals surface area contributed by atoms with Crippen molar-refractivity contribution in [2.24, 2.45) is 5.92 Å². The highest BCUT2D eigenvalue weighted by Crippen LogP contribution is 2.27. The van der Waals surface area contributed by atoms with Crippen molar-refractivity contribution in [2.45, 2.75) is 25.7 Å². The van der Waals surface area contributed by atoms with Crippen LogP contribution in [0, 0.1) is 12.0 Å². The van der Waals surface area contributed by atoms with E-state index in [1.807, 2.05) is 24.3 Å². The zero-order chi connectivity index (χ0) is 9.10. The lowest BCUT2D eigenvalue weighted by molar-refractivity contribution is 0.0923. The predicted octanol–water partition coefficient (Wildman–Crippen LogP) is 2.86. The number of carbonyl (C=O) groups is 1. The van der Waals surface area contributed by atoms with Gasteiger partial charge in [-0.25, -0.2) is 0 Å². The van der Waals surface area contributed by atoms with Crippen molar-refractivity contribution in [1.29, 1.82) is 0 Å². The minimum absolute atomic E-state index is 0.294. The number of ketones is 1. The van der Waals surface area contributed by atoms with Gasteiger partial charge in [-0.15, -0.1) is 0 Å². The second kappa shape index (κ2) is 3.73. The normalized spacial score (nSPS) is 17.5. The molecule has 13 heavy (non-hydrogen) atoms. The third kappa shape index (κ3) is 1.80. The molecule has 0 aromatic heterocycles. The molecular weight excluding hydrogens is 160 g/mol. The molecule has 0 spiro atoms. The van der Waals surface area contributed by atoms with Crippen LogP contribution in [-0.2, 0) is 0 Å². The maximum atomic E-state index is 11.8. The Morgan fingerprint density at radius 3 is 2.46 bits per heavy atom. The van der Waals surface area contributed by atoms with Crippen LogP contribution in [0.15, 0.2) is 24.3 Å². The van der Waals surface area contributed by atoms with Gasteiger partial charge in [0.15, 0.2) is 5.78 Å². The first-order chi connectivity index (χ1) is 6.38. The zero-order valence-electron chi connectivity index (χ0n) is 7.62. The standard InChI is InChI=1S/C12H13O/c13-12(11-8-4-5-9-11)10-6-2-1-3-7-10/h2-3,6-7,11H,4-5,8-9H2. The summed E-state index contributed by atoms with van der Waals surface area (Å²) in [4.78, 5) is 11.8. The summed E-state index contributed by atoms with van der Waals surface area (Å²) in [5.74, 6) is 0.619. The van der Waals surface area contributed by atoms with Gasteiger partial charge in [-0.3, -0.25) is 4.79 Å². The Balaban J connectivity index is 2.13. The molecule has 67 valence electrons. The van der Waals surface area contributed by atoms with E-state index < -0.39 is 0 Å². The van der Waals surface area contributed by atoms with E-state index in [0.29, 0.717) is 11.7 Å². The van der Waals surface area contributed by atoms with Gasteiger partial charge in [-0.1, -0.05) is 37.1 Å². The van der Waals surface area contributed by atoms with Gasteiger partial charge in [-0.2, -0.15) is 0 Å². The predicted molar refractivity (Wildman–Crippen MR) is 51.6 cm³/mol. The van der Waals surface area contributed by atoms with Crippen LogP contribution >= 0.6 is 0 Å². The Hall–Kier alpha value is -1.11. The van der Waals surface area contributed by atoms with Crippen molar-refractivity contribution in [1.82, 2.24) is 0 Å². The average Bonchev–Trinajstić information content (AvgIpc) is 2.71. The summed E-state index contributed by atoms with van der Waals surface area (Å²) in [6, 6.07) is 10.3. The van der Waals surface area contributed by atoms with E-state index in [4.69, 9.17) is 0 Å². The SMILES string of the molecule is O=C(c1cc[c]cc1)C1CCCC1. The molecule has 1 heteroatoms. The van der Waals surface area contributed by atoms with E-state index >= 15 is 0 Å². The number of hydrogen-bond donors (Lipinski definition) is 0. The molecule has 1 fully saturated rings. The Bertz CT molecular complexity index is 283. The minimum Gasteiger partial charge on any atom is -0.294 e. The van der Waals surface area contributed by atoms with Crippen LogP contribution in [0.1, 0.15) is 36.0 Å². The number of benzene rings is 1. The molecule has 1 aromatic rings. The van der Waals surface area contributed by atoms with Crippen LogP contribution in [0.5, 0.6) is 0 Å². The topological polar surface area (TPSA) is 17.1 Å². The van der Waals surface area contributed by atoms with E-state index in [1.54, 1.807) is 0 Å². The maximum Gasteiger partial charge on any atom is 0.165 e. The van der Waals surface area contributed by atoms with Crippen LogP contribution in [0.2, 0.25) is 0 Å². The van der Waals surface area contributed by atoms with Crippen molar-refractivity contribution in [2.75, 3.05) is 0 Å². The Morgan fingerprint density at radius 2 is 1.85 bits per heavy atom. The second-order valence-corrected chi connectivity index (χ2v) is 3.63. The summed E-state index contributed by atoms with van der Waals surface area (Å²) >= 11 is 0. The van der Waals surface area contributed by atoms with Gasteiger partial charge < -0.3 is 0 Å². The third-order valence-corrected chi connectivity index (χ3v) is 2.73. The van der Waals surface area contributed by atoms with Gasteiger partial charge in [0.1, 0.15) is 0 Å². The summed E-state index contributed by atoms with van der Waals surface area (Å²) in [6.07, 6.45) is 4.60. The molecule has 0 N–H and O–H groups in total. The molecule has 0 heterocycles. The Labute approximate surface area is 78.8 Å². The first-order valence-electron chi connectivity index (χ1n) is 4.88. The van der Waals surface area contributed by atoms with Gasteiger partial charge in [-0.05, 0) is 18.9 Å². The van der Waals surface area contributed by atoms with E-state index in [9.17, 15) is 4.79 Å². The smallest absolute Gasteiger partial charge is 0.165 e. The average molecular weight is 173 g/mol. The molecule has 0 atom stereocenters. The summed E-state index contributed by atoms with van der Waals surface area (Å²) in [5.41, 5.74) is 0.852. The molecule has 0 unspecified atom stereocenters. The fourth-order valence-electron chi connectivity index (χ4n) is 1.97. The summed E-state index contributed by atoms with van der Waals surface area (Å²) in [5, 5.41) is 0. The van der Waals surface area contributed by atoms with Crippen molar-refractivity contribution >= 4 is 5.78 Å². The van der Waals surface area contributed by atoms with E-state index in [2.05, 4.69) is 6.07 Å². The second-order valence-electron chi connectivity index (χ2n) is 3.63. The Morgan fingerprint density at radius 1 is 1.23 bits per heavy atom. The van der Waals surface area contributed by atoms with Gasteiger partial charge in [0.05, 0.1) is 0 Å². The van der Waals surface area contributed by atoms with Crippen LogP contribution in [0.3, 0.4) is 0 Å². The van der Waals surface area contributed by atoms with Crippen LogP contribution in [-0.4, -0.2) is 5.78 Å². The molecule has 1 saturated carbocycles. The third-order valence-electron chi connectivity index (χ3n) is 2.73. The zero-order valence-corrected chi connectivity index (χ0v) is 7.62. The lowest BCUT2D eigenvalue weighted by Crippen LogP contribution is -2.10. The maximum absolute atomic E-state index is 11.8. The van der Waals surface area contributed by atoms with E-state index in [0.717, 1.165) is 18.4 Å². The van der Waals surface area contributed by atoms with Crippen molar-refractivity contribution in [3.05, 3.63) is 35.9 Å². The summed E-state index contributed by atoms with van der Waals surface area (Å²) in [7, 11) is 0. The van der Waals surface area contributed by atoms with Gasteiger partial charge in [0, 0.05) is 11.5 Å². The summed E-state index contributed by atoms with van der Waals surface area (Å²) < 4.78 is 0. The lowest BCUT2D eigenvalue weighted by Gasteiger charge is -2.06. The molecule has 0 bridgehead atoms. The van der Waals surface area contributed by atoms with Gasteiger partial charge in [0.25, 0.3) is 0 Å². The van der Waals surface area contributed by atoms with Crippen LogP contribution < -0.4 is 0 Å². The molecular formula is C12H13O. The molecule has 1 aliphatic rings. The van der Waals surface area contributed by atoms with Crippen molar-refractivity contribution in [3.63, 3.8) is 0 Å². The van der Waals surface area contributed by atoms with Crippen LogP contribution in [0.4, 0.5) is 0 Å². The fraction of sp³-hybridized carbons (Fsp3) is 0.417. The minimum atomic E-state index is 0.294. The highest BCUT2D eigenvalue weighted by molar-refractivity contribution is 5.97. The molecule has 0 amide bonds. The molecule has 1 aliphatic carbocycles. The van der Waals surface area contributed by atoms with Gasteiger partial charge in [0.2, 0.25) is 0 Å². The fourth-order valence-corrected chi connectivity index (χ4v) is 1.97. The summed E-state index contributed by atoms with van der Waals surface area (Å²) in [6.45, 7) is 0. The highest BCUT2D eigenvalue weighted by atomic mass is 16.1. The van der Waals surface area contributed by atoms with Crippen LogP contribution in [0.25, 0.3) is 0 Å². The van der Waals surface area contributed by atoms with E-state index in [1.165, 1.54) is 12.8 Å². The molecule has 1 radical (unpaired) electrons. The van der Waals surface area contributed by atoms with E-state index in [-0.39, 0.29) is 0 Å². The molecule has 1 nitrogen and oxygen atoms in total. The number of Topliss-reactive ketones (excluding diaryl/α,β-unsaturated/α-hetero) is 1. The molecule has 1 aromatic carbocycles. The highest BCUT2D eigenvalue weighted by Gasteiger charge is 2.23. The number of hydrogen-bond acceptors (Lipinski definition) is 1. The molecule has 0 aliphatic heterocycles. The molecule has 0 saturated heterocycles. The van der Waals surface area contributed by atoms with Crippen molar-refractivity contribution in [3.8, 4) is 0 Å². The van der Waals surface area contributed by atoms with Crippen molar-refractivity contribution < 1.29 is 4.79 Å². The number of carbonyl (C=O) groups excluding carboxylic acids is 1. The first-order valence-corrected chi connectivity index (χ1v) is 4.88. The first kappa shape index (κ1) is 8.49.